The van der Waals surface area contributed by atoms with Gasteiger partial charge in [-0.05, 0) is 36.8 Å². The maximum absolute atomic E-state index is 12.5. The minimum atomic E-state index is -0.116. The third-order valence-electron chi connectivity index (χ3n) is 4.37. The molecule has 0 bridgehead atoms. The van der Waals surface area contributed by atoms with Gasteiger partial charge < -0.3 is 19.9 Å². The number of hydrogen-bond donors (Lipinski definition) is 1. The minimum absolute atomic E-state index is 0.116. The first kappa shape index (κ1) is 17.7. The highest BCUT2D eigenvalue weighted by Crippen LogP contribution is 2.28. The Morgan fingerprint density at radius 1 is 1.19 bits per heavy atom. The molecular formula is C19H22N4O3. The number of nitrogens with zero attached hydrogens (tertiary/aromatic N) is 3. The van der Waals surface area contributed by atoms with Crippen molar-refractivity contribution in [2.24, 2.45) is 0 Å². The molecule has 2 aromatic rings. The lowest BCUT2D eigenvalue weighted by Gasteiger charge is -2.32. The predicted octanol–water partition coefficient (Wildman–Crippen LogP) is 2.06. The fourth-order valence-electron chi connectivity index (χ4n) is 2.86. The van der Waals surface area contributed by atoms with Crippen molar-refractivity contribution >= 4 is 23.7 Å². The molecule has 26 heavy (non-hydrogen) atoms. The molecule has 0 radical (unpaired) electrons. The Balaban J connectivity index is 1.68. The fraction of sp³-hybridized carbons (Fsp3) is 0.316. The molecule has 0 saturated carbocycles. The Morgan fingerprint density at radius 3 is 2.58 bits per heavy atom. The third-order valence-corrected chi connectivity index (χ3v) is 4.37. The second kappa shape index (κ2) is 7.86. The summed E-state index contributed by atoms with van der Waals surface area (Å²) in [6.07, 6.45) is 2.46. The number of carbonyl (C=O) groups excluding carboxylic acids is 2. The number of amides is 2. The quantitative estimate of drug-likeness (QED) is 0.832. The molecule has 3 rings (SSSR count). The Hall–Kier alpha value is -3.09. The van der Waals surface area contributed by atoms with Crippen molar-refractivity contribution in [2.75, 3.05) is 38.6 Å². The number of carbonyl (C=O) groups is 2. The normalized spacial score (nSPS) is 14.1. The molecule has 1 saturated heterocycles. The van der Waals surface area contributed by atoms with Crippen LogP contribution in [0, 0.1) is 6.92 Å². The van der Waals surface area contributed by atoms with Gasteiger partial charge in [0.2, 0.25) is 6.41 Å². The van der Waals surface area contributed by atoms with Crippen LogP contribution in [0.1, 0.15) is 16.1 Å². The highest BCUT2D eigenvalue weighted by Gasteiger charge is 2.22. The average Bonchev–Trinajstić information content (AvgIpc) is 2.68. The van der Waals surface area contributed by atoms with Crippen LogP contribution >= 0.6 is 0 Å². The standard InChI is InChI=1S/C19H22N4O3/c1-14-3-6-18(26-2)17(11-14)21-15-4-5-16(20-12-15)19(25)23-9-7-22(13-24)8-10-23/h3-6,11-13,21H,7-10H2,1-2H3. The largest absolute Gasteiger partial charge is 0.495 e. The fourth-order valence-corrected chi connectivity index (χ4v) is 2.86. The summed E-state index contributed by atoms with van der Waals surface area (Å²) >= 11 is 0. The van der Waals surface area contributed by atoms with Gasteiger partial charge >= 0.3 is 0 Å². The smallest absolute Gasteiger partial charge is 0.272 e. The van der Waals surface area contributed by atoms with Gasteiger partial charge in [0, 0.05) is 26.2 Å². The van der Waals surface area contributed by atoms with Gasteiger partial charge in [-0.2, -0.15) is 0 Å². The summed E-state index contributed by atoms with van der Waals surface area (Å²) in [5.74, 6) is 0.624. The Labute approximate surface area is 152 Å². The van der Waals surface area contributed by atoms with E-state index >= 15 is 0 Å². The SMILES string of the molecule is COc1ccc(C)cc1Nc1ccc(C(=O)N2CCN(C=O)CC2)nc1. The summed E-state index contributed by atoms with van der Waals surface area (Å²) < 4.78 is 5.36. The molecule has 1 N–H and O–H groups in total. The highest BCUT2D eigenvalue weighted by atomic mass is 16.5. The number of piperazine rings is 1. The summed E-state index contributed by atoms with van der Waals surface area (Å²) in [5.41, 5.74) is 3.13. The summed E-state index contributed by atoms with van der Waals surface area (Å²) in [6, 6.07) is 9.41. The van der Waals surface area contributed by atoms with Crippen LogP contribution in [0.5, 0.6) is 5.75 Å². The molecule has 1 aromatic heterocycles. The Bertz CT molecular complexity index is 784. The minimum Gasteiger partial charge on any atom is -0.495 e. The number of methoxy groups -OCH3 is 1. The van der Waals surface area contributed by atoms with E-state index in [1.165, 1.54) is 0 Å². The van der Waals surface area contributed by atoms with E-state index in [1.54, 1.807) is 29.2 Å². The number of hydrogen-bond acceptors (Lipinski definition) is 5. The molecule has 1 aliphatic rings. The Kier molecular flexibility index (Phi) is 5.36. The Morgan fingerprint density at radius 2 is 1.96 bits per heavy atom. The maximum Gasteiger partial charge on any atom is 0.272 e. The number of pyridine rings is 1. The number of benzene rings is 1. The van der Waals surface area contributed by atoms with Crippen LogP contribution in [-0.2, 0) is 4.79 Å². The van der Waals surface area contributed by atoms with E-state index in [2.05, 4.69) is 10.3 Å². The number of ether oxygens (including phenoxy) is 1. The van der Waals surface area contributed by atoms with Crippen molar-refractivity contribution in [3.05, 3.63) is 47.8 Å². The molecule has 0 spiro atoms. The molecule has 7 heteroatoms. The van der Waals surface area contributed by atoms with Crippen LogP contribution < -0.4 is 10.1 Å². The van der Waals surface area contributed by atoms with Crippen molar-refractivity contribution in [1.82, 2.24) is 14.8 Å². The zero-order chi connectivity index (χ0) is 18.5. The van der Waals surface area contributed by atoms with Crippen molar-refractivity contribution in [3.63, 3.8) is 0 Å². The first-order valence-corrected chi connectivity index (χ1v) is 8.47. The van der Waals surface area contributed by atoms with Gasteiger partial charge in [-0.1, -0.05) is 6.07 Å². The molecule has 1 aliphatic heterocycles. The van der Waals surface area contributed by atoms with Crippen LogP contribution in [0.25, 0.3) is 0 Å². The van der Waals surface area contributed by atoms with Gasteiger partial charge in [-0.15, -0.1) is 0 Å². The van der Waals surface area contributed by atoms with Crippen LogP contribution in [0.4, 0.5) is 11.4 Å². The van der Waals surface area contributed by atoms with Crippen LogP contribution in [0.15, 0.2) is 36.5 Å². The molecule has 2 amide bonds. The summed E-state index contributed by atoms with van der Waals surface area (Å²) in [4.78, 5) is 31.0. The monoisotopic (exact) mass is 354 g/mol. The third kappa shape index (κ3) is 3.93. The molecule has 7 nitrogen and oxygen atoms in total. The number of anilines is 2. The summed E-state index contributed by atoms with van der Waals surface area (Å²) in [6.45, 7) is 4.18. The zero-order valence-electron chi connectivity index (χ0n) is 14.9. The van der Waals surface area contributed by atoms with E-state index in [0.717, 1.165) is 29.1 Å². The lowest BCUT2D eigenvalue weighted by Crippen LogP contribution is -2.48. The van der Waals surface area contributed by atoms with Crippen molar-refractivity contribution < 1.29 is 14.3 Å². The van der Waals surface area contributed by atoms with Gasteiger partial charge in [0.1, 0.15) is 11.4 Å². The lowest BCUT2D eigenvalue weighted by atomic mass is 10.2. The second-order valence-electron chi connectivity index (χ2n) is 6.19. The van der Waals surface area contributed by atoms with Crippen molar-refractivity contribution in [1.29, 1.82) is 0 Å². The predicted molar refractivity (Wildman–Crippen MR) is 98.8 cm³/mol. The van der Waals surface area contributed by atoms with E-state index in [0.29, 0.717) is 31.9 Å². The molecule has 0 aliphatic carbocycles. The highest BCUT2D eigenvalue weighted by molar-refractivity contribution is 5.92. The van der Waals surface area contributed by atoms with Crippen LogP contribution in [-0.4, -0.2) is 60.4 Å². The molecule has 0 unspecified atom stereocenters. The topological polar surface area (TPSA) is 74.8 Å². The van der Waals surface area contributed by atoms with E-state index in [9.17, 15) is 9.59 Å². The second-order valence-corrected chi connectivity index (χ2v) is 6.19. The van der Waals surface area contributed by atoms with E-state index in [4.69, 9.17) is 4.74 Å². The molecule has 1 aromatic carbocycles. The average molecular weight is 354 g/mol. The molecular weight excluding hydrogens is 332 g/mol. The molecule has 136 valence electrons. The number of aromatic nitrogens is 1. The van der Waals surface area contributed by atoms with Crippen LogP contribution in [0.2, 0.25) is 0 Å². The summed E-state index contributed by atoms with van der Waals surface area (Å²) in [7, 11) is 1.63. The van der Waals surface area contributed by atoms with Gasteiger partial charge in [0.25, 0.3) is 5.91 Å². The first-order chi connectivity index (χ1) is 12.6. The van der Waals surface area contributed by atoms with Gasteiger partial charge in [-0.3, -0.25) is 9.59 Å². The lowest BCUT2D eigenvalue weighted by molar-refractivity contribution is -0.119. The van der Waals surface area contributed by atoms with Gasteiger partial charge in [0.15, 0.2) is 0 Å². The number of aryl methyl sites for hydroxylation is 1. The van der Waals surface area contributed by atoms with Crippen molar-refractivity contribution in [2.45, 2.75) is 6.92 Å². The number of nitrogens with one attached hydrogen (secondary N) is 1. The molecule has 0 atom stereocenters. The first-order valence-electron chi connectivity index (χ1n) is 8.47. The zero-order valence-corrected chi connectivity index (χ0v) is 14.9. The van der Waals surface area contributed by atoms with Crippen molar-refractivity contribution in [3.8, 4) is 5.75 Å². The van der Waals surface area contributed by atoms with Crippen LogP contribution in [0.3, 0.4) is 0 Å². The number of rotatable bonds is 5. The van der Waals surface area contributed by atoms with E-state index < -0.39 is 0 Å². The van der Waals surface area contributed by atoms with Gasteiger partial charge in [0.05, 0.1) is 24.7 Å². The molecule has 2 heterocycles. The maximum atomic E-state index is 12.5. The molecule has 1 fully saturated rings. The van der Waals surface area contributed by atoms with Gasteiger partial charge in [-0.25, -0.2) is 4.98 Å². The van der Waals surface area contributed by atoms with E-state index in [-0.39, 0.29) is 5.91 Å². The summed E-state index contributed by atoms with van der Waals surface area (Å²) in [5, 5.41) is 3.27. The van der Waals surface area contributed by atoms with E-state index in [1.807, 2.05) is 31.2 Å².